The summed E-state index contributed by atoms with van der Waals surface area (Å²) in [5.41, 5.74) is 6.42. The summed E-state index contributed by atoms with van der Waals surface area (Å²) in [7, 11) is 2.22. The molecule has 0 aromatic heterocycles. The Labute approximate surface area is 99.3 Å². The maximum absolute atomic E-state index is 6.41. The van der Waals surface area contributed by atoms with Crippen molar-refractivity contribution in [2.24, 2.45) is 11.7 Å². The Morgan fingerprint density at radius 1 is 1.25 bits per heavy atom. The third kappa shape index (κ3) is 3.44. The predicted molar refractivity (Wildman–Crippen MR) is 66.4 cm³/mol. The molecule has 0 atom stereocenters. The summed E-state index contributed by atoms with van der Waals surface area (Å²) in [6.07, 6.45) is 7.74. The molecular formula is C13H26N2O. The summed E-state index contributed by atoms with van der Waals surface area (Å²) in [5.74, 6) is 0.924. The van der Waals surface area contributed by atoms with E-state index in [1.54, 1.807) is 0 Å². The topological polar surface area (TPSA) is 38.5 Å². The molecule has 1 aliphatic heterocycles. The highest BCUT2D eigenvalue weighted by Crippen LogP contribution is 2.26. The van der Waals surface area contributed by atoms with Gasteiger partial charge < -0.3 is 15.4 Å². The number of rotatable bonds is 4. The van der Waals surface area contributed by atoms with E-state index in [4.69, 9.17) is 10.5 Å². The van der Waals surface area contributed by atoms with E-state index in [0.717, 1.165) is 38.5 Å². The van der Waals surface area contributed by atoms with Crippen LogP contribution in [-0.4, -0.2) is 43.8 Å². The monoisotopic (exact) mass is 226 g/mol. The van der Waals surface area contributed by atoms with Crippen LogP contribution in [0.1, 0.15) is 38.5 Å². The molecular weight excluding hydrogens is 200 g/mol. The van der Waals surface area contributed by atoms with Crippen LogP contribution in [0.3, 0.4) is 0 Å². The van der Waals surface area contributed by atoms with Crippen molar-refractivity contribution in [1.82, 2.24) is 4.90 Å². The molecule has 2 aliphatic rings. The van der Waals surface area contributed by atoms with Crippen molar-refractivity contribution < 1.29 is 4.74 Å². The van der Waals surface area contributed by atoms with Gasteiger partial charge in [0.2, 0.25) is 0 Å². The fraction of sp³-hybridized carbons (Fsp3) is 1.00. The first-order valence-corrected chi connectivity index (χ1v) is 6.73. The van der Waals surface area contributed by atoms with E-state index in [0.29, 0.717) is 0 Å². The van der Waals surface area contributed by atoms with Crippen molar-refractivity contribution in [3.05, 3.63) is 0 Å². The lowest BCUT2D eigenvalue weighted by atomic mass is 9.90. The molecule has 3 heteroatoms. The van der Waals surface area contributed by atoms with Gasteiger partial charge in [0.25, 0.3) is 0 Å². The molecule has 0 spiro atoms. The second kappa shape index (κ2) is 5.48. The van der Waals surface area contributed by atoms with Gasteiger partial charge in [-0.1, -0.05) is 12.8 Å². The van der Waals surface area contributed by atoms with Crippen LogP contribution in [-0.2, 0) is 4.74 Å². The molecule has 0 aromatic carbocycles. The number of nitrogens with zero attached hydrogens (tertiary/aromatic N) is 1. The lowest BCUT2D eigenvalue weighted by Gasteiger charge is -2.37. The van der Waals surface area contributed by atoms with E-state index in [-0.39, 0.29) is 5.54 Å². The van der Waals surface area contributed by atoms with Crippen molar-refractivity contribution in [3.8, 4) is 0 Å². The molecule has 0 amide bonds. The first-order chi connectivity index (χ1) is 7.68. The average molecular weight is 226 g/mol. The lowest BCUT2D eigenvalue weighted by Crippen LogP contribution is -2.53. The molecule has 1 saturated heterocycles. The summed E-state index contributed by atoms with van der Waals surface area (Å²) < 4.78 is 5.38. The van der Waals surface area contributed by atoms with Crippen LogP contribution in [0.4, 0.5) is 0 Å². The molecule has 16 heavy (non-hydrogen) atoms. The lowest BCUT2D eigenvalue weighted by molar-refractivity contribution is 0.0394. The van der Waals surface area contributed by atoms with Crippen LogP contribution in [0.5, 0.6) is 0 Å². The van der Waals surface area contributed by atoms with Crippen LogP contribution in [0.2, 0.25) is 0 Å². The molecule has 94 valence electrons. The van der Waals surface area contributed by atoms with Gasteiger partial charge >= 0.3 is 0 Å². The van der Waals surface area contributed by atoms with Gasteiger partial charge in [-0.2, -0.15) is 0 Å². The largest absolute Gasteiger partial charge is 0.381 e. The quantitative estimate of drug-likeness (QED) is 0.791. The molecule has 2 N–H and O–H groups in total. The summed E-state index contributed by atoms with van der Waals surface area (Å²) in [6.45, 7) is 3.95. The van der Waals surface area contributed by atoms with Crippen molar-refractivity contribution in [3.63, 3.8) is 0 Å². The van der Waals surface area contributed by atoms with Crippen LogP contribution in [0.25, 0.3) is 0 Å². The molecule has 1 saturated carbocycles. The highest BCUT2D eigenvalue weighted by molar-refractivity contribution is 4.89. The van der Waals surface area contributed by atoms with Crippen LogP contribution < -0.4 is 5.73 Å². The minimum Gasteiger partial charge on any atom is -0.381 e. The number of likely N-dealkylation sites (N-methyl/N-ethyl adjacent to an activating group) is 1. The Bertz CT molecular complexity index is 208. The molecule has 0 unspecified atom stereocenters. The van der Waals surface area contributed by atoms with Gasteiger partial charge in [0.1, 0.15) is 0 Å². The Morgan fingerprint density at radius 3 is 2.50 bits per heavy atom. The zero-order valence-corrected chi connectivity index (χ0v) is 10.6. The van der Waals surface area contributed by atoms with Gasteiger partial charge in [-0.25, -0.2) is 0 Å². The first kappa shape index (κ1) is 12.3. The van der Waals surface area contributed by atoms with Gasteiger partial charge in [0, 0.05) is 31.8 Å². The van der Waals surface area contributed by atoms with E-state index in [1.807, 2.05) is 0 Å². The number of hydrogen-bond donors (Lipinski definition) is 1. The minimum atomic E-state index is 0.00556. The van der Waals surface area contributed by atoms with Gasteiger partial charge in [0.05, 0.1) is 0 Å². The zero-order chi connectivity index (χ0) is 11.4. The Hall–Kier alpha value is -0.120. The van der Waals surface area contributed by atoms with Crippen molar-refractivity contribution >= 4 is 0 Å². The molecule has 0 bridgehead atoms. The molecule has 3 nitrogen and oxygen atoms in total. The van der Waals surface area contributed by atoms with Crippen LogP contribution in [0, 0.1) is 5.92 Å². The normalized spacial score (nSPS) is 26.4. The highest BCUT2D eigenvalue weighted by Gasteiger charge is 2.30. The van der Waals surface area contributed by atoms with E-state index >= 15 is 0 Å². The van der Waals surface area contributed by atoms with E-state index in [9.17, 15) is 0 Å². The summed E-state index contributed by atoms with van der Waals surface area (Å²) in [4.78, 5) is 2.45. The molecule has 2 fully saturated rings. The minimum absolute atomic E-state index is 0.00556. The van der Waals surface area contributed by atoms with Gasteiger partial charge in [-0.3, -0.25) is 0 Å². The Balaban J connectivity index is 1.74. The smallest absolute Gasteiger partial charge is 0.0484 e. The zero-order valence-electron chi connectivity index (χ0n) is 10.6. The Morgan fingerprint density at radius 2 is 1.88 bits per heavy atom. The average Bonchev–Trinajstić information content (AvgIpc) is 2.70. The third-order valence-corrected chi connectivity index (χ3v) is 4.12. The number of hydrogen-bond acceptors (Lipinski definition) is 3. The fourth-order valence-corrected chi connectivity index (χ4v) is 3.17. The summed E-state index contributed by atoms with van der Waals surface area (Å²) in [6, 6.07) is 0. The van der Waals surface area contributed by atoms with E-state index in [2.05, 4.69) is 11.9 Å². The summed E-state index contributed by atoms with van der Waals surface area (Å²) >= 11 is 0. The van der Waals surface area contributed by atoms with E-state index < -0.39 is 0 Å². The van der Waals surface area contributed by atoms with Crippen molar-refractivity contribution in [2.75, 3.05) is 33.4 Å². The molecule has 1 aliphatic carbocycles. The Kier molecular flexibility index (Phi) is 4.22. The van der Waals surface area contributed by atoms with Crippen molar-refractivity contribution in [1.29, 1.82) is 0 Å². The van der Waals surface area contributed by atoms with Crippen molar-refractivity contribution in [2.45, 2.75) is 44.1 Å². The maximum Gasteiger partial charge on any atom is 0.0484 e. The number of ether oxygens (including phenoxy) is 1. The molecule has 1 heterocycles. The summed E-state index contributed by atoms with van der Waals surface area (Å²) in [5, 5.41) is 0. The second-order valence-corrected chi connectivity index (χ2v) is 5.82. The number of nitrogens with two attached hydrogens (primary N) is 1. The maximum atomic E-state index is 6.41. The second-order valence-electron chi connectivity index (χ2n) is 5.82. The van der Waals surface area contributed by atoms with Crippen LogP contribution >= 0.6 is 0 Å². The first-order valence-electron chi connectivity index (χ1n) is 6.73. The van der Waals surface area contributed by atoms with Gasteiger partial charge in [0.15, 0.2) is 0 Å². The fourth-order valence-electron chi connectivity index (χ4n) is 3.17. The highest BCUT2D eigenvalue weighted by atomic mass is 16.5. The van der Waals surface area contributed by atoms with Crippen LogP contribution in [0.15, 0.2) is 0 Å². The third-order valence-electron chi connectivity index (χ3n) is 4.12. The molecule has 0 aromatic rings. The predicted octanol–water partition coefficient (Wildman–Crippen LogP) is 1.62. The van der Waals surface area contributed by atoms with Gasteiger partial charge in [-0.05, 0) is 38.6 Å². The van der Waals surface area contributed by atoms with Gasteiger partial charge in [-0.15, -0.1) is 0 Å². The molecule has 2 rings (SSSR count). The molecule has 0 radical (unpaired) electrons. The SMILES string of the molecule is CN(CC1CCCC1)CC1(N)CCOCC1. The standard InChI is InChI=1S/C13H26N2O/c1-15(10-12-4-2-3-5-12)11-13(14)6-8-16-9-7-13/h12H,2-11,14H2,1H3. The van der Waals surface area contributed by atoms with E-state index in [1.165, 1.54) is 32.2 Å².